The van der Waals surface area contributed by atoms with Crippen molar-refractivity contribution in [1.82, 2.24) is 5.32 Å². The maximum Gasteiger partial charge on any atom is 0.257 e. The highest BCUT2D eigenvalue weighted by Gasteiger charge is 2.05. The molecule has 106 valence electrons. The van der Waals surface area contributed by atoms with Crippen LogP contribution in [0.5, 0.6) is 5.75 Å². The lowest BCUT2D eigenvalue weighted by atomic mass is 10.2. The van der Waals surface area contributed by atoms with Crippen LogP contribution in [0.4, 0.5) is 0 Å². The summed E-state index contributed by atoms with van der Waals surface area (Å²) in [7, 11) is 0. The molecule has 0 atom stereocenters. The van der Waals surface area contributed by atoms with Gasteiger partial charge in [0, 0.05) is 6.54 Å². The van der Waals surface area contributed by atoms with E-state index in [1.54, 1.807) is 0 Å². The Morgan fingerprint density at radius 3 is 2.79 bits per heavy atom. The zero-order valence-electron chi connectivity index (χ0n) is 11.7. The standard InChI is InChI=1S/C15H22BrNO2/c1-3-4-5-6-9-17-15(18)11-19-14-8-7-12(2)10-13(14)16/h7-8,10H,3-6,9,11H2,1-2H3,(H,17,18). The highest BCUT2D eigenvalue weighted by molar-refractivity contribution is 9.10. The Kier molecular flexibility index (Phi) is 7.56. The van der Waals surface area contributed by atoms with Gasteiger partial charge in [0.25, 0.3) is 5.91 Å². The second-order valence-electron chi connectivity index (χ2n) is 4.63. The summed E-state index contributed by atoms with van der Waals surface area (Å²) >= 11 is 3.42. The molecule has 1 aromatic carbocycles. The van der Waals surface area contributed by atoms with E-state index in [1.165, 1.54) is 19.3 Å². The van der Waals surface area contributed by atoms with E-state index < -0.39 is 0 Å². The maximum atomic E-state index is 11.6. The summed E-state index contributed by atoms with van der Waals surface area (Å²) in [6.07, 6.45) is 4.64. The van der Waals surface area contributed by atoms with Gasteiger partial charge in [0.05, 0.1) is 4.47 Å². The van der Waals surface area contributed by atoms with E-state index in [0.29, 0.717) is 5.75 Å². The van der Waals surface area contributed by atoms with Crippen molar-refractivity contribution in [2.75, 3.05) is 13.2 Å². The lowest BCUT2D eigenvalue weighted by Crippen LogP contribution is -2.29. The second-order valence-corrected chi connectivity index (χ2v) is 5.49. The normalized spacial score (nSPS) is 10.3. The minimum absolute atomic E-state index is 0.0649. The van der Waals surface area contributed by atoms with Crippen molar-refractivity contribution in [3.05, 3.63) is 28.2 Å². The molecule has 0 spiro atoms. The van der Waals surface area contributed by atoms with E-state index in [1.807, 2.05) is 25.1 Å². The highest BCUT2D eigenvalue weighted by atomic mass is 79.9. The molecule has 0 saturated heterocycles. The van der Waals surface area contributed by atoms with Crippen LogP contribution in [-0.2, 0) is 4.79 Å². The molecule has 0 unspecified atom stereocenters. The first-order chi connectivity index (χ1) is 9.13. The summed E-state index contributed by atoms with van der Waals surface area (Å²) in [5.41, 5.74) is 1.15. The molecule has 0 aliphatic carbocycles. The monoisotopic (exact) mass is 327 g/mol. The molecule has 0 aliphatic rings. The third-order valence-corrected chi connectivity index (χ3v) is 3.42. The van der Waals surface area contributed by atoms with Crippen LogP contribution in [-0.4, -0.2) is 19.1 Å². The maximum absolute atomic E-state index is 11.6. The fourth-order valence-corrected chi connectivity index (χ4v) is 2.30. The molecule has 4 heteroatoms. The summed E-state index contributed by atoms with van der Waals surface area (Å²) in [5.74, 6) is 0.635. The van der Waals surface area contributed by atoms with E-state index in [-0.39, 0.29) is 12.5 Å². The average Bonchev–Trinajstić information content (AvgIpc) is 2.37. The smallest absolute Gasteiger partial charge is 0.257 e. The lowest BCUT2D eigenvalue weighted by Gasteiger charge is -2.09. The Bertz CT molecular complexity index is 407. The van der Waals surface area contributed by atoms with E-state index in [4.69, 9.17) is 4.74 Å². The summed E-state index contributed by atoms with van der Waals surface area (Å²) in [6, 6.07) is 5.80. The fourth-order valence-electron chi connectivity index (χ4n) is 1.70. The minimum atomic E-state index is -0.0658. The molecule has 0 bridgehead atoms. The molecule has 0 aliphatic heterocycles. The number of amides is 1. The molecule has 0 radical (unpaired) electrons. The number of halogens is 1. The minimum Gasteiger partial charge on any atom is -0.483 e. The van der Waals surface area contributed by atoms with Gasteiger partial charge in [-0.3, -0.25) is 4.79 Å². The van der Waals surface area contributed by atoms with E-state index in [9.17, 15) is 4.79 Å². The first kappa shape index (κ1) is 16.0. The third-order valence-electron chi connectivity index (χ3n) is 2.80. The number of ether oxygens (including phenoxy) is 1. The first-order valence-electron chi connectivity index (χ1n) is 6.79. The second kappa shape index (κ2) is 8.97. The Morgan fingerprint density at radius 1 is 1.32 bits per heavy atom. The molecule has 3 nitrogen and oxygen atoms in total. The third kappa shape index (κ3) is 6.62. The molecule has 1 rings (SSSR count). The van der Waals surface area contributed by atoms with E-state index in [0.717, 1.165) is 23.0 Å². The Balaban J connectivity index is 2.22. The SMILES string of the molecule is CCCCCCNC(=O)COc1ccc(C)cc1Br. The lowest BCUT2D eigenvalue weighted by molar-refractivity contribution is -0.123. The van der Waals surface area contributed by atoms with Crippen molar-refractivity contribution < 1.29 is 9.53 Å². The number of benzene rings is 1. The van der Waals surface area contributed by atoms with E-state index in [2.05, 4.69) is 28.2 Å². The Hall–Kier alpha value is -1.03. The molecular formula is C15H22BrNO2. The molecule has 0 fully saturated rings. The number of carbonyl (C=O) groups is 1. The topological polar surface area (TPSA) is 38.3 Å². The van der Waals surface area contributed by atoms with Crippen LogP contribution in [0.15, 0.2) is 22.7 Å². The Morgan fingerprint density at radius 2 is 2.11 bits per heavy atom. The van der Waals surface area contributed by atoms with Gasteiger partial charge in [0.2, 0.25) is 0 Å². The fraction of sp³-hybridized carbons (Fsp3) is 0.533. The number of hydrogen-bond donors (Lipinski definition) is 1. The number of hydrogen-bond acceptors (Lipinski definition) is 2. The molecule has 0 saturated carbocycles. The van der Waals surface area contributed by atoms with Crippen molar-refractivity contribution in [2.45, 2.75) is 39.5 Å². The van der Waals surface area contributed by atoms with Gasteiger partial charge >= 0.3 is 0 Å². The van der Waals surface area contributed by atoms with Gasteiger partial charge in [-0.2, -0.15) is 0 Å². The number of unbranched alkanes of at least 4 members (excludes halogenated alkanes) is 3. The van der Waals surface area contributed by atoms with Gasteiger partial charge in [0.1, 0.15) is 5.75 Å². The van der Waals surface area contributed by atoms with Crippen LogP contribution in [0.25, 0.3) is 0 Å². The molecule has 19 heavy (non-hydrogen) atoms. The zero-order valence-corrected chi connectivity index (χ0v) is 13.3. The van der Waals surface area contributed by atoms with Crippen LogP contribution in [0.2, 0.25) is 0 Å². The number of aryl methyl sites for hydroxylation is 1. The summed E-state index contributed by atoms with van der Waals surface area (Å²) in [5, 5.41) is 2.86. The highest BCUT2D eigenvalue weighted by Crippen LogP contribution is 2.25. The summed E-state index contributed by atoms with van der Waals surface area (Å²) in [6.45, 7) is 4.98. The molecule has 0 aromatic heterocycles. The van der Waals surface area contributed by atoms with Crippen LogP contribution in [0, 0.1) is 6.92 Å². The predicted molar refractivity (Wildman–Crippen MR) is 81.5 cm³/mol. The van der Waals surface area contributed by atoms with Crippen LogP contribution in [0.1, 0.15) is 38.2 Å². The number of nitrogens with one attached hydrogen (secondary N) is 1. The molecule has 0 heterocycles. The van der Waals surface area contributed by atoms with Crippen molar-refractivity contribution >= 4 is 21.8 Å². The van der Waals surface area contributed by atoms with Crippen molar-refractivity contribution in [1.29, 1.82) is 0 Å². The van der Waals surface area contributed by atoms with Gasteiger partial charge in [-0.25, -0.2) is 0 Å². The van der Waals surface area contributed by atoms with Crippen molar-refractivity contribution in [3.8, 4) is 5.75 Å². The zero-order chi connectivity index (χ0) is 14.1. The average molecular weight is 328 g/mol. The van der Waals surface area contributed by atoms with Gasteiger partial charge in [0.15, 0.2) is 6.61 Å². The molecular weight excluding hydrogens is 306 g/mol. The van der Waals surface area contributed by atoms with Gasteiger partial charge in [-0.15, -0.1) is 0 Å². The molecule has 1 amide bonds. The number of carbonyl (C=O) groups excluding carboxylic acids is 1. The summed E-state index contributed by atoms with van der Waals surface area (Å²) in [4.78, 5) is 11.6. The first-order valence-corrected chi connectivity index (χ1v) is 7.58. The predicted octanol–water partition coefficient (Wildman–Crippen LogP) is 3.83. The quantitative estimate of drug-likeness (QED) is 0.737. The largest absolute Gasteiger partial charge is 0.483 e. The van der Waals surface area contributed by atoms with Crippen molar-refractivity contribution in [3.63, 3.8) is 0 Å². The van der Waals surface area contributed by atoms with Gasteiger partial charge in [-0.05, 0) is 47.0 Å². The Labute approximate surface area is 123 Å². The van der Waals surface area contributed by atoms with Crippen LogP contribution >= 0.6 is 15.9 Å². The molecule has 1 N–H and O–H groups in total. The van der Waals surface area contributed by atoms with Gasteiger partial charge < -0.3 is 10.1 Å². The molecule has 1 aromatic rings. The van der Waals surface area contributed by atoms with Crippen LogP contribution in [0.3, 0.4) is 0 Å². The van der Waals surface area contributed by atoms with Crippen molar-refractivity contribution in [2.24, 2.45) is 0 Å². The summed E-state index contributed by atoms with van der Waals surface area (Å²) < 4.78 is 6.35. The number of rotatable bonds is 8. The van der Waals surface area contributed by atoms with Crippen LogP contribution < -0.4 is 10.1 Å². The van der Waals surface area contributed by atoms with E-state index >= 15 is 0 Å². The van der Waals surface area contributed by atoms with Gasteiger partial charge in [-0.1, -0.05) is 32.3 Å².